The number of hydrogen-bond donors (Lipinski definition) is 1. The average molecular weight is 377 g/mol. The Morgan fingerprint density at radius 2 is 2.22 bits per heavy atom. The largest absolute Gasteiger partial charge is 0.326 e. The summed E-state index contributed by atoms with van der Waals surface area (Å²) >= 11 is 2.17. The first-order chi connectivity index (χ1) is 8.44. The lowest BCUT2D eigenvalue weighted by atomic mass is 10.1. The van der Waals surface area contributed by atoms with E-state index in [0.29, 0.717) is 0 Å². The van der Waals surface area contributed by atoms with Gasteiger partial charge in [0, 0.05) is 27.0 Å². The van der Waals surface area contributed by atoms with Gasteiger partial charge in [-0.25, -0.2) is 8.42 Å². The number of allylic oxidation sites excluding steroid dienone is 1. The van der Waals surface area contributed by atoms with E-state index in [9.17, 15) is 13.2 Å². The van der Waals surface area contributed by atoms with Crippen molar-refractivity contribution < 1.29 is 13.2 Å². The molecular weight excluding hydrogens is 365 g/mol. The maximum atomic E-state index is 11.7. The number of nitrogens with one attached hydrogen (secondary N) is 1. The molecule has 0 bridgehead atoms. The van der Waals surface area contributed by atoms with E-state index in [0.717, 1.165) is 9.26 Å². The minimum Gasteiger partial charge on any atom is -0.326 e. The second-order valence-corrected chi connectivity index (χ2v) is 7.36. The highest BCUT2D eigenvalue weighted by molar-refractivity contribution is 14.1. The zero-order chi connectivity index (χ0) is 13.2. The third kappa shape index (κ3) is 3.81. The van der Waals surface area contributed by atoms with E-state index in [1.807, 2.05) is 18.2 Å². The van der Waals surface area contributed by atoms with Crippen LogP contribution in [0.2, 0.25) is 0 Å². The van der Waals surface area contributed by atoms with Crippen molar-refractivity contribution in [2.24, 2.45) is 5.92 Å². The van der Waals surface area contributed by atoms with Gasteiger partial charge in [0.05, 0.1) is 5.75 Å². The van der Waals surface area contributed by atoms with Crippen molar-refractivity contribution in [3.05, 3.63) is 39.3 Å². The maximum absolute atomic E-state index is 11.7. The topological polar surface area (TPSA) is 63.2 Å². The minimum absolute atomic E-state index is 0.0345. The van der Waals surface area contributed by atoms with Gasteiger partial charge in [-0.15, -0.1) is 0 Å². The lowest BCUT2D eigenvalue weighted by Gasteiger charge is -2.08. The number of carbonyl (C=O) groups excluding carboxylic acids is 1. The fraction of sp³-hybridized carbons (Fsp3) is 0.250. The number of sulfone groups is 1. The summed E-state index contributed by atoms with van der Waals surface area (Å²) in [6.45, 7) is 0. The molecule has 1 aliphatic rings. The summed E-state index contributed by atoms with van der Waals surface area (Å²) in [7, 11) is -3.08. The lowest BCUT2D eigenvalue weighted by molar-refractivity contribution is -0.116. The molecule has 0 saturated carbocycles. The summed E-state index contributed by atoms with van der Waals surface area (Å²) in [5, 5.41) is 3.96. The molecular formula is C12H12INO3S. The molecule has 1 heterocycles. The van der Waals surface area contributed by atoms with Gasteiger partial charge in [0.1, 0.15) is 0 Å². The van der Waals surface area contributed by atoms with Gasteiger partial charge in [0.15, 0.2) is 9.84 Å². The SMILES string of the molecule is O=C(CC1C=CS(=O)(=O)C1)Nc1cccc(I)c1. The maximum Gasteiger partial charge on any atom is 0.224 e. The van der Waals surface area contributed by atoms with Gasteiger partial charge in [0.25, 0.3) is 0 Å². The Hall–Kier alpha value is -0.890. The van der Waals surface area contributed by atoms with Crippen LogP contribution in [0.4, 0.5) is 5.69 Å². The Balaban J connectivity index is 1.92. The quantitative estimate of drug-likeness (QED) is 0.822. The van der Waals surface area contributed by atoms with Gasteiger partial charge in [-0.05, 0) is 40.8 Å². The number of amides is 1. The molecule has 1 aliphatic heterocycles. The molecule has 1 aromatic carbocycles. The van der Waals surface area contributed by atoms with Crippen LogP contribution in [0.25, 0.3) is 0 Å². The standard InChI is InChI=1S/C12H12INO3S/c13-10-2-1-3-11(7-10)14-12(15)6-9-4-5-18(16,17)8-9/h1-5,7,9H,6,8H2,(H,14,15). The van der Waals surface area contributed by atoms with E-state index in [4.69, 9.17) is 0 Å². The Bertz CT molecular complexity index is 595. The molecule has 18 heavy (non-hydrogen) atoms. The van der Waals surface area contributed by atoms with Crippen LogP contribution in [0.5, 0.6) is 0 Å². The summed E-state index contributed by atoms with van der Waals surface area (Å²) in [6.07, 6.45) is 1.78. The third-order valence-corrected chi connectivity index (χ3v) is 4.70. The fourth-order valence-electron chi connectivity index (χ4n) is 1.78. The number of anilines is 1. The van der Waals surface area contributed by atoms with Crippen LogP contribution in [0.15, 0.2) is 35.7 Å². The van der Waals surface area contributed by atoms with E-state index in [-0.39, 0.29) is 24.0 Å². The van der Waals surface area contributed by atoms with Gasteiger partial charge in [-0.1, -0.05) is 12.1 Å². The van der Waals surface area contributed by atoms with Crippen LogP contribution in [-0.2, 0) is 14.6 Å². The first-order valence-corrected chi connectivity index (χ1v) is 8.20. The number of carbonyl (C=O) groups is 1. The average Bonchev–Trinajstić information content (AvgIpc) is 2.57. The highest BCUT2D eigenvalue weighted by Gasteiger charge is 2.23. The summed E-state index contributed by atoms with van der Waals surface area (Å²) in [4.78, 5) is 11.7. The van der Waals surface area contributed by atoms with Crippen molar-refractivity contribution in [1.82, 2.24) is 0 Å². The van der Waals surface area contributed by atoms with Crippen molar-refractivity contribution in [3.8, 4) is 0 Å². The lowest BCUT2D eigenvalue weighted by Crippen LogP contribution is -2.17. The van der Waals surface area contributed by atoms with E-state index in [1.165, 1.54) is 5.41 Å². The Morgan fingerprint density at radius 3 is 2.83 bits per heavy atom. The molecule has 0 saturated heterocycles. The molecule has 1 N–H and O–H groups in total. The molecule has 0 aliphatic carbocycles. The fourth-order valence-corrected chi connectivity index (χ4v) is 3.73. The monoisotopic (exact) mass is 377 g/mol. The molecule has 96 valence electrons. The van der Waals surface area contributed by atoms with Crippen LogP contribution >= 0.6 is 22.6 Å². The Kier molecular flexibility index (Phi) is 4.06. The molecule has 0 radical (unpaired) electrons. The molecule has 0 fully saturated rings. The molecule has 0 spiro atoms. The van der Waals surface area contributed by atoms with Crippen molar-refractivity contribution in [2.45, 2.75) is 6.42 Å². The molecule has 2 rings (SSSR count). The van der Waals surface area contributed by atoms with Gasteiger partial charge >= 0.3 is 0 Å². The van der Waals surface area contributed by atoms with Gasteiger partial charge in [0.2, 0.25) is 5.91 Å². The summed E-state index contributed by atoms with van der Waals surface area (Å²) in [6, 6.07) is 7.46. The van der Waals surface area contributed by atoms with E-state index in [1.54, 1.807) is 12.1 Å². The predicted molar refractivity (Wildman–Crippen MR) is 78.8 cm³/mol. The molecule has 4 nitrogen and oxygen atoms in total. The number of hydrogen-bond acceptors (Lipinski definition) is 3. The second-order valence-electron chi connectivity index (χ2n) is 4.18. The molecule has 1 unspecified atom stereocenters. The van der Waals surface area contributed by atoms with Gasteiger partial charge < -0.3 is 5.32 Å². The van der Waals surface area contributed by atoms with Gasteiger partial charge in [-0.3, -0.25) is 4.79 Å². The van der Waals surface area contributed by atoms with Crippen LogP contribution in [0.3, 0.4) is 0 Å². The highest BCUT2D eigenvalue weighted by atomic mass is 127. The first-order valence-electron chi connectivity index (χ1n) is 5.41. The first kappa shape index (κ1) is 13.5. The predicted octanol–water partition coefficient (Wildman–Crippen LogP) is 2.18. The smallest absolute Gasteiger partial charge is 0.224 e. The van der Waals surface area contributed by atoms with Crippen LogP contribution in [0, 0.1) is 9.49 Å². The molecule has 1 amide bonds. The van der Waals surface area contributed by atoms with Crippen molar-refractivity contribution in [3.63, 3.8) is 0 Å². The van der Waals surface area contributed by atoms with E-state index >= 15 is 0 Å². The molecule has 6 heteroatoms. The zero-order valence-electron chi connectivity index (χ0n) is 9.47. The van der Waals surface area contributed by atoms with E-state index in [2.05, 4.69) is 27.9 Å². The van der Waals surface area contributed by atoms with Crippen molar-refractivity contribution >= 4 is 44.0 Å². The van der Waals surface area contributed by atoms with Crippen LogP contribution in [0.1, 0.15) is 6.42 Å². The third-order valence-electron chi connectivity index (χ3n) is 2.56. The zero-order valence-corrected chi connectivity index (χ0v) is 12.4. The van der Waals surface area contributed by atoms with Crippen molar-refractivity contribution in [2.75, 3.05) is 11.1 Å². The van der Waals surface area contributed by atoms with Crippen LogP contribution in [-0.4, -0.2) is 20.1 Å². The van der Waals surface area contributed by atoms with Crippen LogP contribution < -0.4 is 5.32 Å². The summed E-state index contributed by atoms with van der Waals surface area (Å²) in [5.41, 5.74) is 0.733. The van der Waals surface area contributed by atoms with E-state index < -0.39 is 9.84 Å². The molecule has 1 aromatic rings. The number of rotatable bonds is 3. The van der Waals surface area contributed by atoms with Gasteiger partial charge in [-0.2, -0.15) is 0 Å². The minimum atomic E-state index is -3.08. The Labute approximate surface area is 120 Å². The summed E-state index contributed by atoms with van der Waals surface area (Å²) < 4.78 is 23.4. The highest BCUT2D eigenvalue weighted by Crippen LogP contribution is 2.19. The van der Waals surface area contributed by atoms with Crippen molar-refractivity contribution in [1.29, 1.82) is 0 Å². The molecule has 0 aromatic heterocycles. The second kappa shape index (κ2) is 5.40. The summed E-state index contributed by atoms with van der Waals surface area (Å²) in [5.74, 6) is -0.339. The number of benzene rings is 1. The molecule has 1 atom stereocenters. The Morgan fingerprint density at radius 1 is 1.44 bits per heavy atom. The normalized spacial score (nSPS) is 20.8. The number of halogens is 1.